The molecule has 1 heterocycles. The molecule has 2 aromatic rings. The molecule has 0 unspecified atom stereocenters. The van der Waals surface area contributed by atoms with Crippen LogP contribution in [-0.2, 0) is 11.2 Å². The quantitative estimate of drug-likeness (QED) is 0.752. The van der Waals surface area contributed by atoms with Crippen LogP contribution in [0.25, 0.3) is 11.0 Å². The highest BCUT2D eigenvalue weighted by molar-refractivity contribution is 5.85. The maximum Gasteiger partial charge on any atom is 0.336 e. The van der Waals surface area contributed by atoms with Gasteiger partial charge in [-0.15, -0.1) is 0 Å². The maximum absolute atomic E-state index is 11.9. The molecular weight excluding hydrogens is 292 g/mol. The van der Waals surface area contributed by atoms with E-state index < -0.39 is 5.41 Å². The topological polar surface area (TPSA) is 56.5 Å². The molecule has 4 heteroatoms. The number of benzene rings is 1. The van der Waals surface area contributed by atoms with Crippen LogP contribution in [0, 0.1) is 5.41 Å². The Labute approximate surface area is 136 Å². The fraction of sp³-hybridized carbons (Fsp3) is 0.474. The van der Waals surface area contributed by atoms with E-state index >= 15 is 0 Å². The second-order valence-corrected chi connectivity index (χ2v) is 6.81. The fourth-order valence-electron chi connectivity index (χ4n) is 2.24. The Kier molecular flexibility index (Phi) is 5.24. The van der Waals surface area contributed by atoms with E-state index in [1.165, 1.54) is 0 Å². The average molecular weight is 316 g/mol. The second kappa shape index (κ2) is 6.99. The van der Waals surface area contributed by atoms with Crippen LogP contribution in [0.1, 0.15) is 46.1 Å². The van der Waals surface area contributed by atoms with Gasteiger partial charge >= 0.3 is 5.63 Å². The number of ether oxygens (including phenoxy) is 1. The Hall–Kier alpha value is -2.10. The lowest BCUT2D eigenvalue weighted by Crippen LogP contribution is -2.26. The van der Waals surface area contributed by atoms with E-state index in [0.717, 1.165) is 30.2 Å². The van der Waals surface area contributed by atoms with E-state index in [1.807, 2.05) is 32.9 Å². The molecule has 0 atom stereocenters. The van der Waals surface area contributed by atoms with Gasteiger partial charge in [-0.25, -0.2) is 4.79 Å². The van der Waals surface area contributed by atoms with Crippen LogP contribution in [-0.4, -0.2) is 12.4 Å². The summed E-state index contributed by atoms with van der Waals surface area (Å²) in [7, 11) is 0. The first kappa shape index (κ1) is 17.3. The third-order valence-electron chi connectivity index (χ3n) is 3.81. The fourth-order valence-corrected chi connectivity index (χ4v) is 2.24. The lowest BCUT2D eigenvalue weighted by molar-refractivity contribution is -0.128. The molecule has 0 bridgehead atoms. The number of hydrogen-bond acceptors (Lipinski definition) is 4. The summed E-state index contributed by atoms with van der Waals surface area (Å²) in [5, 5.41) is 0.924. The van der Waals surface area contributed by atoms with Gasteiger partial charge in [0, 0.05) is 22.9 Å². The zero-order chi connectivity index (χ0) is 17.0. The van der Waals surface area contributed by atoms with Crippen LogP contribution >= 0.6 is 0 Å². The van der Waals surface area contributed by atoms with Crippen LogP contribution in [0.4, 0.5) is 0 Å². The van der Waals surface area contributed by atoms with Crippen molar-refractivity contribution in [1.82, 2.24) is 0 Å². The van der Waals surface area contributed by atoms with Crippen LogP contribution < -0.4 is 10.4 Å². The zero-order valence-electron chi connectivity index (χ0n) is 14.3. The molecule has 0 aliphatic carbocycles. The van der Waals surface area contributed by atoms with Crippen molar-refractivity contribution in [2.45, 2.75) is 47.0 Å². The summed E-state index contributed by atoms with van der Waals surface area (Å²) in [6, 6.07) is 6.94. The van der Waals surface area contributed by atoms with Gasteiger partial charge < -0.3 is 9.15 Å². The van der Waals surface area contributed by atoms with Crippen LogP contribution in [0.3, 0.4) is 0 Å². The van der Waals surface area contributed by atoms with Gasteiger partial charge in [0.1, 0.15) is 17.9 Å². The predicted octanol–water partition coefficient (Wildman–Crippen LogP) is 4.13. The predicted molar refractivity (Wildman–Crippen MR) is 91.1 cm³/mol. The molecule has 1 aromatic carbocycles. The summed E-state index contributed by atoms with van der Waals surface area (Å²) in [6.45, 7) is 7.70. The van der Waals surface area contributed by atoms with E-state index in [9.17, 15) is 9.59 Å². The number of hydrogen-bond donors (Lipinski definition) is 0. The Balaban J connectivity index is 2.25. The van der Waals surface area contributed by atoms with Crippen LogP contribution in [0.2, 0.25) is 0 Å². The number of fused-ring (bicyclic) bond motifs is 1. The van der Waals surface area contributed by atoms with Gasteiger partial charge in [0.25, 0.3) is 0 Å². The van der Waals surface area contributed by atoms with Gasteiger partial charge in [0.15, 0.2) is 5.78 Å². The first-order chi connectivity index (χ1) is 10.8. The van der Waals surface area contributed by atoms with Crippen molar-refractivity contribution in [1.29, 1.82) is 0 Å². The lowest BCUT2D eigenvalue weighted by atomic mass is 9.91. The summed E-state index contributed by atoms with van der Waals surface area (Å²) in [5.41, 5.74) is 0.711. The third-order valence-corrected chi connectivity index (χ3v) is 3.81. The Morgan fingerprint density at radius 3 is 2.61 bits per heavy atom. The zero-order valence-corrected chi connectivity index (χ0v) is 14.3. The molecule has 0 saturated carbocycles. The number of aryl methyl sites for hydroxylation is 1. The molecule has 0 aliphatic rings. The summed E-state index contributed by atoms with van der Waals surface area (Å²) in [5.74, 6) is 0.557. The van der Waals surface area contributed by atoms with Crippen molar-refractivity contribution in [3.63, 3.8) is 0 Å². The molecule has 4 nitrogen and oxygen atoms in total. The van der Waals surface area contributed by atoms with Gasteiger partial charge in [0.05, 0.1) is 0 Å². The molecule has 0 amide bonds. The summed E-state index contributed by atoms with van der Waals surface area (Å²) in [4.78, 5) is 23.6. The van der Waals surface area contributed by atoms with Crippen LogP contribution in [0.5, 0.6) is 5.75 Å². The minimum Gasteiger partial charge on any atom is -0.486 e. The van der Waals surface area contributed by atoms with Crippen molar-refractivity contribution in [2.75, 3.05) is 6.61 Å². The SMILES string of the molecule is CCCCc1cc(=O)oc2cc(OCC(=O)C(C)(C)C)ccc12. The first-order valence-electron chi connectivity index (χ1n) is 8.04. The standard InChI is InChI=1S/C19H24O4/c1-5-6-7-13-10-18(21)23-16-11-14(8-9-15(13)16)22-12-17(20)19(2,3)4/h8-11H,5-7,12H2,1-4H3. The number of carbonyl (C=O) groups excluding carboxylic acids is 1. The van der Waals surface area contributed by atoms with Gasteiger partial charge in [-0.3, -0.25) is 4.79 Å². The van der Waals surface area contributed by atoms with E-state index in [4.69, 9.17) is 9.15 Å². The van der Waals surface area contributed by atoms with Crippen molar-refractivity contribution >= 4 is 16.8 Å². The van der Waals surface area contributed by atoms with E-state index in [1.54, 1.807) is 12.1 Å². The van der Waals surface area contributed by atoms with Gasteiger partial charge in [-0.1, -0.05) is 34.1 Å². The average Bonchev–Trinajstić information content (AvgIpc) is 2.48. The number of rotatable bonds is 6. The monoisotopic (exact) mass is 316 g/mol. The van der Waals surface area contributed by atoms with E-state index in [2.05, 4.69) is 6.92 Å². The van der Waals surface area contributed by atoms with Gasteiger partial charge in [-0.2, -0.15) is 0 Å². The highest BCUT2D eigenvalue weighted by Gasteiger charge is 2.21. The van der Waals surface area contributed by atoms with E-state index in [-0.39, 0.29) is 18.0 Å². The highest BCUT2D eigenvalue weighted by atomic mass is 16.5. The summed E-state index contributed by atoms with van der Waals surface area (Å²) in [6.07, 6.45) is 2.94. The number of Topliss-reactive ketones (excluding diaryl/α,β-unsaturated/α-hetero) is 1. The van der Waals surface area contributed by atoms with E-state index in [0.29, 0.717) is 11.3 Å². The third kappa shape index (κ3) is 4.44. The number of unbranched alkanes of at least 4 members (excludes halogenated alkanes) is 1. The largest absolute Gasteiger partial charge is 0.486 e. The molecule has 124 valence electrons. The van der Waals surface area contributed by atoms with Gasteiger partial charge in [0.2, 0.25) is 0 Å². The molecule has 0 spiro atoms. The Morgan fingerprint density at radius 1 is 1.22 bits per heavy atom. The molecule has 0 aliphatic heterocycles. The summed E-state index contributed by atoms with van der Waals surface area (Å²) >= 11 is 0. The Bertz CT molecular complexity index is 750. The molecule has 23 heavy (non-hydrogen) atoms. The number of ketones is 1. The van der Waals surface area contributed by atoms with Crippen molar-refractivity contribution in [2.24, 2.45) is 5.41 Å². The Morgan fingerprint density at radius 2 is 1.96 bits per heavy atom. The molecule has 0 radical (unpaired) electrons. The minimum atomic E-state index is -0.434. The van der Waals surface area contributed by atoms with Crippen molar-refractivity contribution in [3.8, 4) is 5.75 Å². The maximum atomic E-state index is 11.9. The molecule has 2 rings (SSSR count). The normalized spacial score (nSPS) is 11.7. The van der Waals surface area contributed by atoms with Crippen molar-refractivity contribution < 1.29 is 13.9 Å². The lowest BCUT2D eigenvalue weighted by Gasteiger charge is -2.16. The molecule has 1 aromatic heterocycles. The highest BCUT2D eigenvalue weighted by Crippen LogP contribution is 2.24. The molecular formula is C19H24O4. The molecule has 0 N–H and O–H groups in total. The van der Waals surface area contributed by atoms with Crippen molar-refractivity contribution in [3.05, 3.63) is 40.2 Å². The minimum absolute atomic E-state index is 0.00869. The number of carbonyl (C=O) groups is 1. The summed E-state index contributed by atoms with van der Waals surface area (Å²) < 4.78 is 10.8. The first-order valence-corrected chi connectivity index (χ1v) is 8.04. The van der Waals surface area contributed by atoms with Crippen LogP contribution in [0.15, 0.2) is 33.5 Å². The smallest absolute Gasteiger partial charge is 0.336 e. The molecule has 0 fully saturated rings. The molecule has 0 saturated heterocycles. The second-order valence-electron chi connectivity index (χ2n) is 6.81. The van der Waals surface area contributed by atoms with Gasteiger partial charge in [-0.05, 0) is 30.5 Å².